The highest BCUT2D eigenvalue weighted by molar-refractivity contribution is 7.21. The van der Waals surface area contributed by atoms with E-state index >= 15 is 0 Å². The molecular weight excluding hydrogens is 363 g/mol. The van der Waals surface area contributed by atoms with E-state index in [1.807, 2.05) is 6.07 Å². The third-order valence-corrected chi connectivity index (χ3v) is 6.65. The van der Waals surface area contributed by atoms with Crippen molar-refractivity contribution in [2.24, 2.45) is 5.92 Å². The highest BCUT2D eigenvalue weighted by Gasteiger charge is 2.31. The second-order valence-electron chi connectivity index (χ2n) is 8.14. The van der Waals surface area contributed by atoms with Crippen molar-refractivity contribution >= 4 is 27.3 Å². The normalized spacial score (nSPS) is 18.8. The maximum atomic E-state index is 14.3. The van der Waals surface area contributed by atoms with Crippen molar-refractivity contribution < 1.29 is 13.9 Å². The third kappa shape index (κ3) is 4.33. The smallest absolute Gasteiger partial charge is 0.261 e. The van der Waals surface area contributed by atoms with Crippen LogP contribution >= 0.6 is 11.3 Å². The summed E-state index contributed by atoms with van der Waals surface area (Å²) < 4.78 is 20.3. The van der Waals surface area contributed by atoms with Crippen molar-refractivity contribution in [1.82, 2.24) is 10.2 Å². The van der Waals surface area contributed by atoms with E-state index in [0.29, 0.717) is 28.3 Å². The van der Waals surface area contributed by atoms with E-state index in [-0.39, 0.29) is 23.9 Å². The average Bonchev–Trinajstić information content (AvgIpc) is 3.00. The molecule has 2 aromatic rings. The van der Waals surface area contributed by atoms with E-state index < -0.39 is 0 Å². The maximum Gasteiger partial charge on any atom is 0.261 e. The van der Waals surface area contributed by atoms with Crippen LogP contribution in [0.25, 0.3) is 10.1 Å². The largest absolute Gasteiger partial charge is 0.380 e. The van der Waals surface area contributed by atoms with Crippen molar-refractivity contribution in [3.63, 3.8) is 0 Å². The first-order chi connectivity index (χ1) is 12.8. The van der Waals surface area contributed by atoms with Gasteiger partial charge in [0, 0.05) is 41.4 Å². The zero-order chi connectivity index (χ0) is 19.6. The van der Waals surface area contributed by atoms with Gasteiger partial charge in [-0.25, -0.2) is 4.39 Å². The lowest BCUT2D eigenvalue weighted by Gasteiger charge is -2.43. The summed E-state index contributed by atoms with van der Waals surface area (Å²) in [5, 5.41) is 3.58. The second kappa shape index (κ2) is 8.25. The third-order valence-electron chi connectivity index (χ3n) is 5.45. The first-order valence-electron chi connectivity index (χ1n) is 9.55. The van der Waals surface area contributed by atoms with Crippen molar-refractivity contribution in [3.05, 3.63) is 34.5 Å². The molecule has 1 aromatic carbocycles. The van der Waals surface area contributed by atoms with E-state index in [4.69, 9.17) is 4.74 Å². The van der Waals surface area contributed by atoms with E-state index in [9.17, 15) is 9.18 Å². The molecule has 1 N–H and O–H groups in total. The van der Waals surface area contributed by atoms with Gasteiger partial charge in [0.25, 0.3) is 5.91 Å². The molecule has 3 rings (SSSR count). The number of halogens is 1. The van der Waals surface area contributed by atoms with Crippen molar-refractivity contribution in [1.29, 1.82) is 0 Å². The highest BCUT2D eigenvalue weighted by atomic mass is 32.1. The highest BCUT2D eigenvalue weighted by Crippen LogP contribution is 2.34. The number of hydrogen-bond acceptors (Lipinski definition) is 4. The van der Waals surface area contributed by atoms with Gasteiger partial charge in [-0.1, -0.05) is 13.0 Å². The number of benzene rings is 1. The summed E-state index contributed by atoms with van der Waals surface area (Å²) in [5.41, 5.74) is 0.519. The summed E-state index contributed by atoms with van der Waals surface area (Å²) in [6.07, 6.45) is 2.47. The minimum absolute atomic E-state index is 0.117. The molecule has 0 spiro atoms. The summed E-state index contributed by atoms with van der Waals surface area (Å²) >= 11 is 1.33. The summed E-state index contributed by atoms with van der Waals surface area (Å²) in [6.45, 7) is 9.53. The Bertz CT molecular complexity index is 818. The van der Waals surface area contributed by atoms with Gasteiger partial charge in [0.15, 0.2) is 0 Å². The van der Waals surface area contributed by atoms with Crippen LogP contribution in [-0.4, -0.2) is 43.1 Å². The SMILES string of the molecule is COCc1c(C(=O)NCC(C)(C)N2CCCC(C)C2)sc2cccc(F)c12. The van der Waals surface area contributed by atoms with Gasteiger partial charge in [0.05, 0.1) is 11.5 Å². The average molecular weight is 393 g/mol. The van der Waals surface area contributed by atoms with Gasteiger partial charge >= 0.3 is 0 Å². The van der Waals surface area contributed by atoms with E-state index in [1.54, 1.807) is 13.2 Å². The molecule has 1 unspecified atom stereocenters. The second-order valence-corrected chi connectivity index (χ2v) is 9.20. The van der Waals surface area contributed by atoms with E-state index in [1.165, 1.54) is 30.2 Å². The maximum absolute atomic E-state index is 14.3. The predicted molar refractivity (Wildman–Crippen MR) is 109 cm³/mol. The van der Waals surface area contributed by atoms with Gasteiger partial charge in [-0.05, 0) is 51.3 Å². The number of rotatable bonds is 6. The Morgan fingerprint density at radius 2 is 2.22 bits per heavy atom. The van der Waals surface area contributed by atoms with Crippen LogP contribution in [0.1, 0.15) is 48.8 Å². The lowest BCUT2D eigenvalue weighted by atomic mass is 9.93. The molecule has 1 atom stereocenters. The Balaban J connectivity index is 1.78. The van der Waals surface area contributed by atoms with Crippen molar-refractivity contribution in [3.8, 4) is 0 Å². The van der Waals surface area contributed by atoms with Gasteiger partial charge in [-0.3, -0.25) is 9.69 Å². The molecule has 27 heavy (non-hydrogen) atoms. The number of methoxy groups -OCH3 is 1. The number of piperidine rings is 1. The van der Waals surface area contributed by atoms with Crippen LogP contribution in [0.15, 0.2) is 18.2 Å². The molecule has 0 radical (unpaired) electrons. The molecule has 148 valence electrons. The van der Waals surface area contributed by atoms with E-state index in [2.05, 4.69) is 31.0 Å². The van der Waals surface area contributed by atoms with Crippen molar-refractivity contribution in [2.45, 2.75) is 45.8 Å². The van der Waals surface area contributed by atoms with Crippen LogP contribution in [0, 0.1) is 11.7 Å². The van der Waals surface area contributed by atoms with Gasteiger partial charge in [-0.2, -0.15) is 0 Å². The van der Waals surface area contributed by atoms with Crippen LogP contribution in [-0.2, 0) is 11.3 Å². The number of hydrogen-bond donors (Lipinski definition) is 1. The molecule has 0 aliphatic carbocycles. The number of amides is 1. The molecule has 1 amide bonds. The number of likely N-dealkylation sites (tertiary alicyclic amines) is 1. The van der Waals surface area contributed by atoms with Crippen LogP contribution in [0.3, 0.4) is 0 Å². The predicted octanol–water partition coefficient (Wildman–Crippen LogP) is 4.43. The zero-order valence-electron chi connectivity index (χ0n) is 16.6. The molecule has 2 heterocycles. The molecule has 6 heteroatoms. The summed E-state index contributed by atoms with van der Waals surface area (Å²) in [4.78, 5) is 15.9. The summed E-state index contributed by atoms with van der Waals surface area (Å²) in [6, 6.07) is 4.95. The molecule has 1 aromatic heterocycles. The topological polar surface area (TPSA) is 41.6 Å². The van der Waals surface area contributed by atoms with Gasteiger partial charge in [-0.15, -0.1) is 11.3 Å². The fourth-order valence-electron chi connectivity index (χ4n) is 3.86. The molecule has 0 bridgehead atoms. The summed E-state index contributed by atoms with van der Waals surface area (Å²) in [7, 11) is 1.56. The minimum Gasteiger partial charge on any atom is -0.380 e. The Kier molecular flexibility index (Phi) is 6.18. The number of ether oxygens (including phenoxy) is 1. The van der Waals surface area contributed by atoms with Crippen LogP contribution in [0.4, 0.5) is 4.39 Å². The van der Waals surface area contributed by atoms with E-state index in [0.717, 1.165) is 17.8 Å². The molecule has 1 saturated heterocycles. The number of carbonyl (C=O) groups is 1. The lowest BCUT2D eigenvalue weighted by molar-refractivity contribution is 0.0657. The van der Waals surface area contributed by atoms with Crippen molar-refractivity contribution in [2.75, 3.05) is 26.7 Å². The number of thiophene rings is 1. The standard InChI is InChI=1S/C21H29FN2O2S/c1-14-7-6-10-24(11-14)21(2,3)13-23-20(25)19-15(12-26-4)18-16(22)8-5-9-17(18)27-19/h5,8-9,14H,6-7,10-13H2,1-4H3,(H,23,25). The number of nitrogens with zero attached hydrogens (tertiary/aromatic N) is 1. The van der Waals surface area contributed by atoms with Crippen LogP contribution in [0.5, 0.6) is 0 Å². The van der Waals surface area contributed by atoms with Gasteiger partial charge in [0.1, 0.15) is 5.82 Å². The lowest BCUT2D eigenvalue weighted by Crippen LogP contribution is -2.54. The molecular formula is C21H29FN2O2S. The number of nitrogens with one attached hydrogen (secondary N) is 1. The molecule has 4 nitrogen and oxygen atoms in total. The summed E-state index contributed by atoms with van der Waals surface area (Å²) in [5.74, 6) is 0.228. The Morgan fingerprint density at radius 1 is 1.44 bits per heavy atom. The molecule has 1 aliphatic rings. The Labute approximate surface area is 164 Å². The van der Waals surface area contributed by atoms with Crippen LogP contribution < -0.4 is 5.32 Å². The first kappa shape index (κ1) is 20.2. The number of fused-ring (bicyclic) bond motifs is 1. The fraction of sp³-hybridized carbons (Fsp3) is 0.571. The Hall–Kier alpha value is -1.50. The Morgan fingerprint density at radius 3 is 2.93 bits per heavy atom. The number of carbonyl (C=O) groups excluding carboxylic acids is 1. The van der Waals surface area contributed by atoms with Gasteiger partial charge < -0.3 is 10.1 Å². The minimum atomic E-state index is -0.308. The molecule has 0 saturated carbocycles. The first-order valence-corrected chi connectivity index (χ1v) is 10.4. The fourth-order valence-corrected chi connectivity index (χ4v) is 5.00. The zero-order valence-corrected chi connectivity index (χ0v) is 17.4. The van der Waals surface area contributed by atoms with Gasteiger partial charge in [0.2, 0.25) is 0 Å². The molecule has 1 aliphatic heterocycles. The molecule has 1 fully saturated rings. The quantitative estimate of drug-likeness (QED) is 0.791. The van der Waals surface area contributed by atoms with Crippen LogP contribution in [0.2, 0.25) is 0 Å². The monoisotopic (exact) mass is 392 g/mol.